The van der Waals surface area contributed by atoms with E-state index in [0.29, 0.717) is 23.2 Å². The summed E-state index contributed by atoms with van der Waals surface area (Å²) in [5, 5.41) is 13.0. The third-order valence-electron chi connectivity index (χ3n) is 4.34. The first-order valence-electron chi connectivity index (χ1n) is 9.00. The number of benzene rings is 2. The number of hydrogen-bond acceptors (Lipinski definition) is 6. The van der Waals surface area contributed by atoms with Gasteiger partial charge in [0.1, 0.15) is 11.6 Å². The molecule has 0 atom stereocenters. The largest absolute Gasteiger partial charge is 0.497 e. The maximum absolute atomic E-state index is 12.0. The first kappa shape index (κ1) is 18.9. The molecule has 0 aliphatic rings. The quantitative estimate of drug-likeness (QED) is 0.375. The Labute approximate surface area is 171 Å². The van der Waals surface area contributed by atoms with Gasteiger partial charge < -0.3 is 10.1 Å². The van der Waals surface area contributed by atoms with Crippen molar-refractivity contribution in [1.29, 1.82) is 0 Å². The topological polar surface area (TPSA) is 81.4 Å². The number of para-hydroxylation sites is 1. The second kappa shape index (κ2) is 8.32. The Hall–Kier alpha value is -3.39. The molecule has 0 spiro atoms. The lowest BCUT2D eigenvalue weighted by atomic mass is 10.1. The van der Waals surface area contributed by atoms with Crippen molar-refractivity contribution in [2.75, 3.05) is 19.4 Å². The number of carbonyl (C=O) groups excluding carboxylic acids is 1. The van der Waals surface area contributed by atoms with Crippen molar-refractivity contribution in [3.05, 3.63) is 61.2 Å². The van der Waals surface area contributed by atoms with Gasteiger partial charge in [-0.3, -0.25) is 9.20 Å². The molecule has 29 heavy (non-hydrogen) atoms. The second-order valence-corrected chi connectivity index (χ2v) is 7.15. The lowest BCUT2D eigenvalue weighted by Gasteiger charge is -2.10. The molecule has 0 saturated carbocycles. The highest BCUT2D eigenvalue weighted by Gasteiger charge is 2.17. The fraction of sp³-hybridized carbons (Fsp3) is 0.143. The Kier molecular flexibility index (Phi) is 5.44. The number of nitrogens with one attached hydrogen (secondary N) is 1. The summed E-state index contributed by atoms with van der Waals surface area (Å²) < 4.78 is 7.16. The first-order chi connectivity index (χ1) is 14.2. The Balaban J connectivity index is 1.81. The molecular weight excluding hydrogens is 386 g/mol. The Morgan fingerprint density at radius 3 is 2.76 bits per heavy atom. The van der Waals surface area contributed by atoms with Crippen LogP contribution in [0.15, 0.2) is 66.3 Å². The third kappa shape index (κ3) is 3.79. The molecule has 2 aromatic heterocycles. The predicted octanol–water partition coefficient (Wildman–Crippen LogP) is 3.35. The molecule has 0 fully saturated rings. The van der Waals surface area contributed by atoms with Crippen LogP contribution in [0.4, 0.5) is 0 Å². The minimum absolute atomic E-state index is 0.0913. The van der Waals surface area contributed by atoms with Crippen molar-refractivity contribution < 1.29 is 9.53 Å². The van der Waals surface area contributed by atoms with Crippen LogP contribution in [-0.4, -0.2) is 44.9 Å². The van der Waals surface area contributed by atoms with Crippen LogP contribution in [0.2, 0.25) is 0 Å². The van der Waals surface area contributed by atoms with E-state index in [-0.39, 0.29) is 11.7 Å². The maximum Gasteiger partial charge on any atom is 0.230 e. The van der Waals surface area contributed by atoms with Crippen LogP contribution in [0.1, 0.15) is 0 Å². The van der Waals surface area contributed by atoms with Crippen LogP contribution in [-0.2, 0) is 4.79 Å². The number of ether oxygens (including phenoxy) is 1. The monoisotopic (exact) mass is 405 g/mol. The van der Waals surface area contributed by atoms with Crippen LogP contribution in [0.5, 0.6) is 5.75 Å². The number of rotatable bonds is 7. The van der Waals surface area contributed by atoms with E-state index >= 15 is 0 Å². The van der Waals surface area contributed by atoms with Gasteiger partial charge in [-0.2, -0.15) is 0 Å². The zero-order valence-corrected chi connectivity index (χ0v) is 16.6. The molecule has 0 unspecified atom stereocenters. The van der Waals surface area contributed by atoms with E-state index in [2.05, 4.69) is 22.1 Å². The summed E-state index contributed by atoms with van der Waals surface area (Å²) in [6.45, 7) is 4.04. The van der Waals surface area contributed by atoms with E-state index in [9.17, 15) is 4.79 Å². The van der Waals surface area contributed by atoms with Gasteiger partial charge in [-0.25, -0.2) is 4.98 Å². The molecule has 2 aromatic carbocycles. The highest BCUT2D eigenvalue weighted by atomic mass is 32.2. The smallest absolute Gasteiger partial charge is 0.230 e. The van der Waals surface area contributed by atoms with E-state index in [1.165, 1.54) is 11.8 Å². The van der Waals surface area contributed by atoms with Crippen LogP contribution < -0.4 is 10.1 Å². The molecule has 0 saturated heterocycles. The van der Waals surface area contributed by atoms with Crippen molar-refractivity contribution in [3.63, 3.8) is 0 Å². The van der Waals surface area contributed by atoms with Gasteiger partial charge in [0, 0.05) is 17.5 Å². The number of amides is 1. The van der Waals surface area contributed by atoms with Crippen molar-refractivity contribution >= 4 is 34.2 Å². The Bertz CT molecular complexity index is 1190. The summed E-state index contributed by atoms with van der Waals surface area (Å²) in [5.41, 5.74) is 2.44. The van der Waals surface area contributed by atoms with E-state index in [1.54, 1.807) is 13.2 Å². The van der Waals surface area contributed by atoms with Gasteiger partial charge in [0.15, 0.2) is 10.8 Å². The summed E-state index contributed by atoms with van der Waals surface area (Å²) in [6, 6.07) is 15.5. The van der Waals surface area contributed by atoms with Crippen molar-refractivity contribution in [2.45, 2.75) is 5.16 Å². The third-order valence-corrected chi connectivity index (χ3v) is 5.27. The van der Waals surface area contributed by atoms with Crippen molar-refractivity contribution in [2.24, 2.45) is 0 Å². The minimum Gasteiger partial charge on any atom is -0.497 e. The number of thioether (sulfide) groups is 1. The summed E-state index contributed by atoms with van der Waals surface area (Å²) in [5.74, 6) is 1.61. The molecule has 0 bridgehead atoms. The van der Waals surface area contributed by atoms with Gasteiger partial charge in [0.2, 0.25) is 5.91 Å². The van der Waals surface area contributed by atoms with Crippen molar-refractivity contribution in [3.8, 4) is 17.1 Å². The van der Waals surface area contributed by atoms with E-state index in [1.807, 2.05) is 52.9 Å². The minimum atomic E-state index is -0.0913. The predicted molar refractivity (Wildman–Crippen MR) is 114 cm³/mol. The second-order valence-electron chi connectivity index (χ2n) is 6.20. The maximum atomic E-state index is 12.0. The fourth-order valence-corrected chi connectivity index (χ4v) is 3.72. The van der Waals surface area contributed by atoms with Crippen LogP contribution >= 0.6 is 11.8 Å². The van der Waals surface area contributed by atoms with Gasteiger partial charge >= 0.3 is 0 Å². The Morgan fingerprint density at radius 1 is 1.21 bits per heavy atom. The van der Waals surface area contributed by atoms with Crippen LogP contribution in [0.3, 0.4) is 0 Å². The summed E-state index contributed by atoms with van der Waals surface area (Å²) >= 11 is 1.32. The average Bonchev–Trinajstić information content (AvgIpc) is 3.20. The van der Waals surface area contributed by atoms with Gasteiger partial charge in [-0.15, -0.1) is 16.8 Å². The van der Waals surface area contributed by atoms with Gasteiger partial charge in [0.05, 0.1) is 18.4 Å². The van der Waals surface area contributed by atoms with Gasteiger partial charge in [-0.05, 0) is 36.4 Å². The van der Waals surface area contributed by atoms with E-state index in [4.69, 9.17) is 9.72 Å². The fourth-order valence-electron chi connectivity index (χ4n) is 2.95. The SMILES string of the molecule is C=CCNC(=O)CSc1nnc2c3ccccc3nc(-c3ccc(OC)cc3)n12. The lowest BCUT2D eigenvalue weighted by Crippen LogP contribution is -2.25. The van der Waals surface area contributed by atoms with Gasteiger partial charge in [-0.1, -0.05) is 30.0 Å². The molecule has 0 radical (unpaired) electrons. The van der Waals surface area contributed by atoms with Crippen molar-refractivity contribution in [1.82, 2.24) is 24.9 Å². The normalized spacial score (nSPS) is 10.9. The van der Waals surface area contributed by atoms with Gasteiger partial charge in [0.25, 0.3) is 0 Å². The number of aromatic nitrogens is 4. The molecule has 1 amide bonds. The molecule has 8 heteroatoms. The highest BCUT2D eigenvalue weighted by Crippen LogP contribution is 2.29. The molecule has 146 valence electrons. The number of methoxy groups -OCH3 is 1. The number of nitrogens with zero attached hydrogens (tertiary/aromatic N) is 4. The molecule has 0 aliphatic carbocycles. The number of fused-ring (bicyclic) bond motifs is 3. The molecule has 1 N–H and O–H groups in total. The summed E-state index contributed by atoms with van der Waals surface area (Å²) in [7, 11) is 1.63. The molecule has 4 rings (SSSR count). The molecule has 2 heterocycles. The zero-order chi connectivity index (χ0) is 20.2. The Morgan fingerprint density at radius 2 is 2.00 bits per heavy atom. The molecular formula is C21H19N5O2S. The van der Waals surface area contributed by atoms with Crippen LogP contribution in [0.25, 0.3) is 27.9 Å². The molecule has 4 aromatic rings. The van der Waals surface area contributed by atoms with E-state index in [0.717, 1.165) is 22.2 Å². The lowest BCUT2D eigenvalue weighted by molar-refractivity contribution is -0.118. The molecule has 7 nitrogen and oxygen atoms in total. The van der Waals surface area contributed by atoms with Crippen LogP contribution in [0, 0.1) is 0 Å². The standard InChI is InChI=1S/C21H19N5O2S/c1-3-12-22-18(27)13-29-21-25-24-20-16-6-4-5-7-17(16)23-19(26(20)21)14-8-10-15(28-2)11-9-14/h3-11H,1,12-13H2,2H3,(H,22,27). The highest BCUT2D eigenvalue weighted by molar-refractivity contribution is 7.99. The molecule has 0 aliphatic heterocycles. The number of hydrogen-bond donors (Lipinski definition) is 1. The zero-order valence-electron chi connectivity index (χ0n) is 15.8. The number of carbonyl (C=O) groups is 1. The first-order valence-corrected chi connectivity index (χ1v) is 9.98. The average molecular weight is 405 g/mol. The summed E-state index contributed by atoms with van der Waals surface area (Å²) in [6.07, 6.45) is 1.65. The van der Waals surface area contributed by atoms with E-state index < -0.39 is 0 Å². The summed E-state index contributed by atoms with van der Waals surface area (Å²) in [4.78, 5) is 16.9.